The van der Waals surface area contributed by atoms with Gasteiger partial charge in [-0.15, -0.1) is 0 Å². The van der Waals surface area contributed by atoms with Gasteiger partial charge in [-0.2, -0.15) is 0 Å². The monoisotopic (exact) mass is 684 g/mol. The smallest absolute Gasteiger partial charge is 0.407 e. The van der Waals surface area contributed by atoms with E-state index in [1.165, 1.54) is 0 Å². The summed E-state index contributed by atoms with van der Waals surface area (Å²) in [5.74, 6) is -6.22. The number of carbonyl (C=O) groups is 7. The van der Waals surface area contributed by atoms with Gasteiger partial charge in [0.2, 0.25) is 5.91 Å². The van der Waals surface area contributed by atoms with Gasteiger partial charge in [0.05, 0.1) is 6.42 Å². The summed E-state index contributed by atoms with van der Waals surface area (Å²) in [6.45, 7) is 3.57. The van der Waals surface area contributed by atoms with Gasteiger partial charge in [-0.05, 0) is 22.3 Å². The van der Waals surface area contributed by atoms with E-state index >= 15 is 0 Å². The lowest BCUT2D eigenvalue weighted by Crippen LogP contribution is -2.66. The van der Waals surface area contributed by atoms with Crippen LogP contribution in [0, 0.1) is 0 Å². The first-order valence-corrected chi connectivity index (χ1v) is 15.2. The van der Waals surface area contributed by atoms with Gasteiger partial charge < -0.3 is 44.2 Å². The highest BCUT2D eigenvalue weighted by Gasteiger charge is 2.52. The van der Waals surface area contributed by atoms with Crippen LogP contribution >= 0.6 is 0 Å². The fourth-order valence-corrected chi connectivity index (χ4v) is 5.73. The topological polar surface area (TPSA) is 219 Å². The molecule has 16 nitrogen and oxygen atoms in total. The first-order valence-electron chi connectivity index (χ1n) is 15.2. The van der Waals surface area contributed by atoms with Gasteiger partial charge in [0.15, 0.2) is 24.5 Å². The highest BCUT2D eigenvalue weighted by Crippen LogP contribution is 2.44. The van der Waals surface area contributed by atoms with E-state index in [-0.39, 0.29) is 12.5 Å². The molecular weight excluding hydrogens is 648 g/mol. The second-order valence-corrected chi connectivity index (χ2v) is 11.3. The number of alkyl carbamates (subject to hydrolysis) is 1. The lowest BCUT2D eigenvalue weighted by molar-refractivity contribution is -0.257. The van der Waals surface area contributed by atoms with Crippen molar-refractivity contribution in [3.05, 3.63) is 59.7 Å². The Balaban J connectivity index is 1.46. The third kappa shape index (κ3) is 9.31. The van der Waals surface area contributed by atoms with Gasteiger partial charge in [-0.1, -0.05) is 48.5 Å². The molecule has 2 aromatic rings. The van der Waals surface area contributed by atoms with Crippen LogP contribution in [0.25, 0.3) is 11.1 Å². The van der Waals surface area contributed by atoms with Gasteiger partial charge in [0.25, 0.3) is 0 Å². The van der Waals surface area contributed by atoms with Gasteiger partial charge in [0, 0.05) is 33.6 Å². The molecule has 1 heterocycles. The van der Waals surface area contributed by atoms with Crippen LogP contribution in [-0.4, -0.2) is 96.9 Å². The lowest BCUT2D eigenvalue weighted by atomic mass is 9.97. The second-order valence-electron chi connectivity index (χ2n) is 11.3. The number of esters is 4. The summed E-state index contributed by atoms with van der Waals surface area (Å²) in [4.78, 5) is 85.5. The number of nitrogens with one attached hydrogen (secondary N) is 2. The Bertz CT molecular complexity index is 1560. The molecule has 1 aliphatic heterocycles. The zero-order valence-electron chi connectivity index (χ0n) is 27.0. The maximum absolute atomic E-state index is 13.2. The predicted octanol–water partition coefficient (Wildman–Crippen LogP) is 1.57. The molecule has 3 N–H and O–H groups in total. The van der Waals surface area contributed by atoms with Crippen LogP contribution in [0.1, 0.15) is 51.2 Å². The number of carboxylic acids is 1. The van der Waals surface area contributed by atoms with Crippen molar-refractivity contribution in [2.24, 2.45) is 0 Å². The molecule has 4 rings (SSSR count). The SMILES string of the molecule is CC(=O)OC[C@H]1O[C@@H](NC(=O)C[C@H](NC(=O)OCC2c3ccccc3-c3ccccc32)C(=O)O)[C@H](OC(C)=O)[C@@H](OC(C)=O)[C@@H]1OC(C)=O. The number of ether oxygens (including phenoxy) is 6. The summed E-state index contributed by atoms with van der Waals surface area (Å²) in [5.41, 5.74) is 3.87. The molecule has 0 spiro atoms. The molecule has 0 saturated carbocycles. The Hall–Kier alpha value is -5.51. The number of fused-ring (bicyclic) bond motifs is 3. The zero-order chi connectivity index (χ0) is 35.8. The van der Waals surface area contributed by atoms with Crippen molar-refractivity contribution in [1.82, 2.24) is 10.6 Å². The fourth-order valence-electron chi connectivity index (χ4n) is 5.73. The van der Waals surface area contributed by atoms with E-state index in [9.17, 15) is 38.7 Å². The fraction of sp³-hybridized carbons (Fsp3) is 0.424. The predicted molar refractivity (Wildman–Crippen MR) is 164 cm³/mol. The van der Waals surface area contributed by atoms with E-state index < -0.39 is 91.6 Å². The summed E-state index contributed by atoms with van der Waals surface area (Å²) in [7, 11) is 0. The van der Waals surface area contributed by atoms with Crippen LogP contribution in [0.5, 0.6) is 0 Å². The van der Waals surface area contributed by atoms with Crippen LogP contribution in [0.4, 0.5) is 4.79 Å². The van der Waals surface area contributed by atoms with E-state index in [1.54, 1.807) is 0 Å². The molecule has 6 atom stereocenters. The molecule has 2 aromatic carbocycles. The number of rotatable bonds is 12. The lowest BCUT2D eigenvalue weighted by Gasteiger charge is -2.44. The molecule has 0 bridgehead atoms. The largest absolute Gasteiger partial charge is 0.480 e. The van der Waals surface area contributed by atoms with Gasteiger partial charge in [-0.3, -0.25) is 24.0 Å². The number of benzene rings is 2. The summed E-state index contributed by atoms with van der Waals surface area (Å²) in [5, 5.41) is 14.3. The standard InChI is InChI=1S/C33H36N2O14/c1-16(36)44-15-26-28(46-17(2)37)29(47-18(3)38)30(48-19(4)39)31(49-26)35-27(40)13-25(32(41)42)34-33(43)45-14-24-22-11-7-5-9-20(22)21-10-6-8-12-23(21)24/h5-12,24-26,28-31H,13-15H2,1-4H3,(H,34,43)(H,35,40)(H,41,42)/t25-,26+,28+,29-,30+,31+/m0/s1. The number of amides is 2. The zero-order valence-corrected chi connectivity index (χ0v) is 27.0. The molecule has 2 aliphatic rings. The quantitative estimate of drug-likeness (QED) is 0.214. The molecular formula is C33H36N2O14. The Morgan fingerprint density at radius 1 is 0.714 bits per heavy atom. The number of hydrogen-bond acceptors (Lipinski definition) is 13. The number of carboxylic acid groups (broad SMARTS) is 1. The maximum Gasteiger partial charge on any atom is 0.407 e. The minimum absolute atomic E-state index is 0.108. The molecule has 1 fully saturated rings. The molecule has 1 saturated heterocycles. The first-order chi connectivity index (χ1) is 23.2. The minimum Gasteiger partial charge on any atom is -0.480 e. The van der Waals surface area contributed by atoms with Crippen molar-refractivity contribution in [1.29, 1.82) is 0 Å². The van der Waals surface area contributed by atoms with Crippen LogP contribution in [0.2, 0.25) is 0 Å². The molecule has 16 heteroatoms. The van der Waals surface area contributed by atoms with Crippen LogP contribution in [-0.2, 0) is 57.2 Å². The van der Waals surface area contributed by atoms with Gasteiger partial charge >= 0.3 is 35.9 Å². The van der Waals surface area contributed by atoms with Crippen molar-refractivity contribution >= 4 is 41.8 Å². The molecule has 1 aliphatic carbocycles. The number of carbonyl (C=O) groups excluding carboxylic acids is 6. The minimum atomic E-state index is -1.78. The summed E-state index contributed by atoms with van der Waals surface area (Å²) >= 11 is 0. The Kier molecular flexibility index (Phi) is 11.9. The average molecular weight is 685 g/mol. The Morgan fingerprint density at radius 3 is 1.78 bits per heavy atom. The molecule has 2 amide bonds. The Morgan fingerprint density at radius 2 is 1.24 bits per heavy atom. The van der Waals surface area contributed by atoms with Crippen molar-refractivity contribution < 1.29 is 67.1 Å². The van der Waals surface area contributed by atoms with E-state index in [1.807, 2.05) is 48.5 Å². The van der Waals surface area contributed by atoms with Crippen molar-refractivity contribution in [3.63, 3.8) is 0 Å². The van der Waals surface area contributed by atoms with Gasteiger partial charge in [-0.25, -0.2) is 9.59 Å². The summed E-state index contributed by atoms with van der Waals surface area (Å²) < 4.78 is 32.1. The van der Waals surface area contributed by atoms with Gasteiger partial charge in [0.1, 0.15) is 25.4 Å². The van der Waals surface area contributed by atoms with Crippen molar-refractivity contribution in [2.45, 2.75) is 76.7 Å². The highest BCUT2D eigenvalue weighted by atomic mass is 16.7. The van der Waals surface area contributed by atoms with Crippen LogP contribution < -0.4 is 10.6 Å². The van der Waals surface area contributed by atoms with E-state index in [4.69, 9.17) is 28.4 Å². The normalized spacial score (nSPS) is 21.5. The maximum atomic E-state index is 13.2. The summed E-state index contributed by atoms with van der Waals surface area (Å²) in [6.07, 6.45) is -9.53. The molecule has 0 radical (unpaired) electrons. The summed E-state index contributed by atoms with van der Waals surface area (Å²) in [6, 6.07) is 13.5. The van der Waals surface area contributed by atoms with E-state index in [0.29, 0.717) is 0 Å². The third-order valence-electron chi connectivity index (χ3n) is 7.62. The molecule has 262 valence electrons. The third-order valence-corrected chi connectivity index (χ3v) is 7.62. The molecule has 0 aromatic heterocycles. The highest BCUT2D eigenvalue weighted by molar-refractivity contribution is 5.87. The molecule has 49 heavy (non-hydrogen) atoms. The average Bonchev–Trinajstić information content (AvgIpc) is 3.34. The number of hydrogen-bond donors (Lipinski definition) is 3. The van der Waals surface area contributed by atoms with Crippen molar-refractivity contribution in [2.75, 3.05) is 13.2 Å². The van der Waals surface area contributed by atoms with Crippen LogP contribution in [0.3, 0.4) is 0 Å². The Labute approximate surface area is 280 Å². The van der Waals surface area contributed by atoms with Crippen LogP contribution in [0.15, 0.2) is 48.5 Å². The first kappa shape index (κ1) is 36.3. The van der Waals surface area contributed by atoms with E-state index in [2.05, 4.69) is 10.6 Å². The second kappa shape index (κ2) is 16.1. The van der Waals surface area contributed by atoms with E-state index in [0.717, 1.165) is 49.9 Å². The molecule has 0 unspecified atom stereocenters. The number of aliphatic carboxylic acids is 1. The van der Waals surface area contributed by atoms with Crippen molar-refractivity contribution in [3.8, 4) is 11.1 Å².